The van der Waals surface area contributed by atoms with Gasteiger partial charge in [-0.1, -0.05) is 55.8 Å². The molecule has 0 N–H and O–H groups in total. The number of unbranched alkanes of at least 4 members (excludes halogenated alkanes) is 1. The van der Waals surface area contributed by atoms with Crippen LogP contribution in [0, 0.1) is 0 Å². The maximum Gasteiger partial charge on any atom is 0.306 e. The Morgan fingerprint density at radius 3 is 2.72 bits per heavy atom. The van der Waals surface area contributed by atoms with Crippen molar-refractivity contribution < 1.29 is 9.53 Å². The lowest BCUT2D eigenvalue weighted by atomic mass is 10.1. The summed E-state index contributed by atoms with van der Waals surface area (Å²) < 4.78 is 5.30. The van der Waals surface area contributed by atoms with Gasteiger partial charge in [-0.15, -0.1) is 0 Å². The van der Waals surface area contributed by atoms with Crippen molar-refractivity contribution in [1.82, 2.24) is 0 Å². The van der Waals surface area contributed by atoms with Crippen molar-refractivity contribution in [2.75, 3.05) is 0 Å². The van der Waals surface area contributed by atoms with E-state index in [4.69, 9.17) is 4.74 Å². The van der Waals surface area contributed by atoms with Crippen molar-refractivity contribution in [1.29, 1.82) is 0 Å². The Labute approximate surface area is 108 Å². The Balaban J connectivity index is 2.05. The molecule has 0 aromatic heterocycles. The second-order valence-corrected chi connectivity index (χ2v) is 4.40. The fourth-order valence-electron chi connectivity index (χ4n) is 1.97. The van der Waals surface area contributed by atoms with Gasteiger partial charge in [0, 0.05) is 6.42 Å². The quantitative estimate of drug-likeness (QED) is 0.739. The molecular weight excluding hydrogens is 224 g/mol. The Hall–Kier alpha value is -1.83. The largest absolute Gasteiger partial charge is 0.461 e. The molecule has 0 saturated carbocycles. The summed E-state index contributed by atoms with van der Waals surface area (Å²) in [4.78, 5) is 11.5. The summed E-state index contributed by atoms with van der Waals surface area (Å²) in [5.41, 5.74) is 1.07. The van der Waals surface area contributed by atoms with Crippen molar-refractivity contribution >= 4 is 16.7 Å². The lowest BCUT2D eigenvalue weighted by Crippen LogP contribution is -2.04. The first-order valence-electron chi connectivity index (χ1n) is 6.43. The van der Waals surface area contributed by atoms with Crippen LogP contribution in [0.25, 0.3) is 10.8 Å². The minimum Gasteiger partial charge on any atom is -0.461 e. The normalized spacial score (nSPS) is 10.5. The highest BCUT2D eigenvalue weighted by Gasteiger charge is 2.05. The fraction of sp³-hybridized carbons (Fsp3) is 0.312. The summed E-state index contributed by atoms with van der Waals surface area (Å²) >= 11 is 0. The molecule has 0 fully saturated rings. The molecule has 0 spiro atoms. The first-order chi connectivity index (χ1) is 8.81. The first kappa shape index (κ1) is 12.6. The van der Waals surface area contributed by atoms with Crippen LogP contribution in [0.5, 0.6) is 0 Å². The van der Waals surface area contributed by atoms with Crippen LogP contribution in [0.4, 0.5) is 0 Å². The molecule has 0 aliphatic heterocycles. The lowest BCUT2D eigenvalue weighted by molar-refractivity contribution is -0.145. The predicted octanol–water partition coefficient (Wildman–Crippen LogP) is 4.07. The molecule has 0 unspecified atom stereocenters. The lowest BCUT2D eigenvalue weighted by Gasteiger charge is -2.07. The third-order valence-corrected chi connectivity index (χ3v) is 3.00. The van der Waals surface area contributed by atoms with Gasteiger partial charge >= 0.3 is 5.97 Å². The molecule has 0 atom stereocenters. The van der Waals surface area contributed by atoms with Gasteiger partial charge in [0.15, 0.2) is 0 Å². The van der Waals surface area contributed by atoms with Gasteiger partial charge in [0.2, 0.25) is 0 Å². The number of fused-ring (bicyclic) bond motifs is 1. The number of carbonyl (C=O) groups is 1. The van der Waals surface area contributed by atoms with Crippen LogP contribution >= 0.6 is 0 Å². The fourth-order valence-corrected chi connectivity index (χ4v) is 1.97. The van der Waals surface area contributed by atoms with E-state index < -0.39 is 0 Å². The Kier molecular flexibility index (Phi) is 4.35. The molecule has 0 amide bonds. The summed E-state index contributed by atoms with van der Waals surface area (Å²) in [6.07, 6.45) is 2.43. The van der Waals surface area contributed by atoms with Gasteiger partial charge in [0.25, 0.3) is 0 Å². The molecule has 0 radical (unpaired) electrons. The van der Waals surface area contributed by atoms with Crippen LogP contribution in [0.2, 0.25) is 0 Å². The van der Waals surface area contributed by atoms with E-state index in [0.717, 1.165) is 23.8 Å². The molecule has 18 heavy (non-hydrogen) atoms. The molecular formula is C16H18O2. The average molecular weight is 242 g/mol. The first-order valence-corrected chi connectivity index (χ1v) is 6.43. The van der Waals surface area contributed by atoms with E-state index in [-0.39, 0.29) is 5.97 Å². The highest BCUT2D eigenvalue weighted by atomic mass is 16.5. The molecule has 0 aliphatic rings. The maximum atomic E-state index is 11.5. The zero-order valence-corrected chi connectivity index (χ0v) is 10.7. The molecule has 0 bridgehead atoms. The smallest absolute Gasteiger partial charge is 0.306 e. The third kappa shape index (κ3) is 3.10. The Morgan fingerprint density at radius 1 is 1.11 bits per heavy atom. The number of ether oxygens (including phenoxy) is 1. The van der Waals surface area contributed by atoms with Crippen LogP contribution < -0.4 is 0 Å². The maximum absolute atomic E-state index is 11.5. The molecule has 2 rings (SSSR count). The number of esters is 1. The van der Waals surface area contributed by atoms with E-state index in [1.807, 2.05) is 24.3 Å². The van der Waals surface area contributed by atoms with Gasteiger partial charge in [-0.3, -0.25) is 4.79 Å². The van der Waals surface area contributed by atoms with Gasteiger partial charge in [-0.25, -0.2) is 0 Å². The van der Waals surface area contributed by atoms with E-state index in [2.05, 4.69) is 25.1 Å². The molecule has 0 aliphatic carbocycles. The highest BCUT2D eigenvalue weighted by molar-refractivity contribution is 5.85. The zero-order chi connectivity index (χ0) is 12.8. The summed E-state index contributed by atoms with van der Waals surface area (Å²) in [7, 11) is 0. The number of rotatable bonds is 5. The highest BCUT2D eigenvalue weighted by Crippen LogP contribution is 2.19. The zero-order valence-electron chi connectivity index (χ0n) is 10.7. The molecule has 2 nitrogen and oxygen atoms in total. The summed E-state index contributed by atoms with van der Waals surface area (Å²) in [6, 6.07) is 14.2. The average Bonchev–Trinajstić information content (AvgIpc) is 2.42. The second-order valence-electron chi connectivity index (χ2n) is 4.40. The van der Waals surface area contributed by atoms with Crippen LogP contribution in [0.3, 0.4) is 0 Å². The monoisotopic (exact) mass is 242 g/mol. The summed E-state index contributed by atoms with van der Waals surface area (Å²) in [5, 5.41) is 2.34. The SMILES string of the molecule is CCCCC(=O)OCc1cccc2ccccc12. The summed E-state index contributed by atoms with van der Waals surface area (Å²) in [6.45, 7) is 2.43. The Bertz CT molecular complexity index is 526. The van der Waals surface area contributed by atoms with Crippen LogP contribution in [0.15, 0.2) is 42.5 Å². The van der Waals surface area contributed by atoms with Gasteiger partial charge in [-0.2, -0.15) is 0 Å². The van der Waals surface area contributed by atoms with E-state index in [1.165, 1.54) is 5.39 Å². The standard InChI is InChI=1S/C16H18O2/c1-2-3-11-16(17)18-12-14-9-6-8-13-7-4-5-10-15(13)14/h4-10H,2-3,11-12H2,1H3. The van der Waals surface area contributed by atoms with Crippen molar-refractivity contribution in [3.05, 3.63) is 48.0 Å². The number of hydrogen-bond donors (Lipinski definition) is 0. The van der Waals surface area contributed by atoms with Crippen LogP contribution in [0.1, 0.15) is 31.7 Å². The molecule has 0 heterocycles. The van der Waals surface area contributed by atoms with E-state index in [0.29, 0.717) is 13.0 Å². The number of hydrogen-bond acceptors (Lipinski definition) is 2. The molecule has 2 heteroatoms. The number of carbonyl (C=O) groups excluding carboxylic acids is 1. The van der Waals surface area contributed by atoms with Crippen molar-refractivity contribution in [2.45, 2.75) is 32.8 Å². The second kappa shape index (κ2) is 6.20. The van der Waals surface area contributed by atoms with Crippen LogP contribution in [-0.2, 0) is 16.1 Å². The van der Waals surface area contributed by atoms with Crippen molar-refractivity contribution in [3.63, 3.8) is 0 Å². The molecule has 94 valence electrons. The topological polar surface area (TPSA) is 26.3 Å². The van der Waals surface area contributed by atoms with Crippen molar-refractivity contribution in [3.8, 4) is 0 Å². The molecule has 0 saturated heterocycles. The van der Waals surface area contributed by atoms with E-state index in [1.54, 1.807) is 0 Å². The molecule has 2 aromatic rings. The number of benzene rings is 2. The van der Waals surface area contributed by atoms with Gasteiger partial charge < -0.3 is 4.74 Å². The predicted molar refractivity (Wildman–Crippen MR) is 73.3 cm³/mol. The van der Waals surface area contributed by atoms with Crippen LogP contribution in [-0.4, -0.2) is 5.97 Å². The van der Waals surface area contributed by atoms with E-state index in [9.17, 15) is 4.79 Å². The Morgan fingerprint density at radius 2 is 1.89 bits per heavy atom. The molecule has 2 aromatic carbocycles. The van der Waals surface area contributed by atoms with Gasteiger partial charge in [-0.05, 0) is 22.8 Å². The van der Waals surface area contributed by atoms with Gasteiger partial charge in [0.1, 0.15) is 6.61 Å². The minimum atomic E-state index is -0.107. The van der Waals surface area contributed by atoms with Gasteiger partial charge in [0.05, 0.1) is 0 Å². The third-order valence-electron chi connectivity index (χ3n) is 3.00. The van der Waals surface area contributed by atoms with Crippen molar-refractivity contribution in [2.24, 2.45) is 0 Å². The van der Waals surface area contributed by atoms with E-state index >= 15 is 0 Å². The minimum absolute atomic E-state index is 0.107. The summed E-state index contributed by atoms with van der Waals surface area (Å²) in [5.74, 6) is -0.107.